The zero-order valence-electron chi connectivity index (χ0n) is 9.54. The van der Waals surface area contributed by atoms with Gasteiger partial charge in [0.15, 0.2) is 5.75 Å². The van der Waals surface area contributed by atoms with Gasteiger partial charge in [-0.15, -0.1) is 0 Å². The van der Waals surface area contributed by atoms with Crippen molar-refractivity contribution in [3.05, 3.63) is 26.6 Å². The second-order valence-electron chi connectivity index (χ2n) is 2.85. The van der Waals surface area contributed by atoms with Crippen molar-refractivity contribution >= 4 is 42.0 Å². The van der Waals surface area contributed by atoms with Crippen molar-refractivity contribution in [3.63, 3.8) is 0 Å². The van der Waals surface area contributed by atoms with Gasteiger partial charge >= 0.3 is 10.1 Å². The van der Waals surface area contributed by atoms with Crippen molar-refractivity contribution in [2.45, 2.75) is 20.8 Å². The molecular weight excluding hydrogens is 360 g/mol. The highest BCUT2D eigenvalue weighted by Crippen LogP contribution is 2.35. The van der Waals surface area contributed by atoms with E-state index < -0.39 is 10.1 Å². The standard InChI is InChI=1S/C8H8Br2O3S.C2H6/c1-5-3-6(9)8(7(10)4-5)13-14(2,11)12;1-2/h3-4H,1-2H3;1-2H3. The van der Waals surface area contributed by atoms with Crippen molar-refractivity contribution < 1.29 is 12.6 Å². The summed E-state index contributed by atoms with van der Waals surface area (Å²) in [6, 6.07) is 3.57. The van der Waals surface area contributed by atoms with Crippen molar-refractivity contribution in [2.24, 2.45) is 0 Å². The van der Waals surface area contributed by atoms with Crippen LogP contribution in [-0.2, 0) is 10.1 Å². The van der Waals surface area contributed by atoms with E-state index in [1.807, 2.05) is 20.8 Å². The predicted octanol–water partition coefficient (Wildman–Crippen LogP) is 3.88. The molecule has 0 unspecified atom stereocenters. The number of rotatable bonds is 2. The lowest BCUT2D eigenvalue weighted by Gasteiger charge is -2.08. The topological polar surface area (TPSA) is 43.4 Å². The van der Waals surface area contributed by atoms with Crippen LogP contribution in [-0.4, -0.2) is 14.7 Å². The molecular formula is C10H14Br2O3S. The molecule has 0 heterocycles. The third-order valence-electron chi connectivity index (χ3n) is 1.38. The van der Waals surface area contributed by atoms with Gasteiger partial charge in [-0.05, 0) is 56.5 Å². The second kappa shape index (κ2) is 6.61. The van der Waals surface area contributed by atoms with Gasteiger partial charge in [-0.25, -0.2) is 0 Å². The normalized spacial score (nSPS) is 10.4. The average molecular weight is 374 g/mol. The van der Waals surface area contributed by atoms with Crippen LogP contribution in [0.25, 0.3) is 0 Å². The molecule has 1 aromatic rings. The quantitative estimate of drug-likeness (QED) is 0.738. The molecule has 0 spiro atoms. The Morgan fingerprint density at radius 1 is 1.12 bits per heavy atom. The van der Waals surface area contributed by atoms with Crippen molar-refractivity contribution in [2.75, 3.05) is 6.26 Å². The lowest BCUT2D eigenvalue weighted by Crippen LogP contribution is -2.06. The Balaban J connectivity index is 0.00000106. The molecule has 0 fully saturated rings. The van der Waals surface area contributed by atoms with Crippen LogP contribution in [0.2, 0.25) is 0 Å². The van der Waals surface area contributed by atoms with E-state index in [0.717, 1.165) is 11.8 Å². The fraction of sp³-hybridized carbons (Fsp3) is 0.400. The number of aryl methyl sites for hydroxylation is 1. The highest BCUT2D eigenvalue weighted by Gasteiger charge is 2.12. The zero-order valence-corrected chi connectivity index (χ0v) is 13.5. The van der Waals surface area contributed by atoms with Crippen molar-refractivity contribution in [1.29, 1.82) is 0 Å². The minimum absolute atomic E-state index is 0.276. The highest BCUT2D eigenvalue weighted by atomic mass is 79.9. The van der Waals surface area contributed by atoms with Crippen LogP contribution < -0.4 is 4.18 Å². The van der Waals surface area contributed by atoms with E-state index in [1.54, 1.807) is 12.1 Å². The largest absolute Gasteiger partial charge is 0.380 e. The molecule has 0 atom stereocenters. The van der Waals surface area contributed by atoms with E-state index in [4.69, 9.17) is 4.18 Å². The summed E-state index contributed by atoms with van der Waals surface area (Å²) in [6.07, 6.45) is 1.01. The van der Waals surface area contributed by atoms with Gasteiger partial charge in [-0.2, -0.15) is 8.42 Å². The SMILES string of the molecule is CC.Cc1cc(Br)c(OS(C)(=O)=O)c(Br)c1. The first-order valence-corrected chi connectivity index (χ1v) is 8.05. The molecule has 0 aliphatic carbocycles. The van der Waals surface area contributed by atoms with Crippen LogP contribution in [0, 0.1) is 6.92 Å². The molecule has 1 aromatic carbocycles. The van der Waals surface area contributed by atoms with Crippen LogP contribution in [0.3, 0.4) is 0 Å². The van der Waals surface area contributed by atoms with Gasteiger partial charge in [0.25, 0.3) is 0 Å². The summed E-state index contributed by atoms with van der Waals surface area (Å²) in [5, 5.41) is 0. The van der Waals surface area contributed by atoms with Crippen LogP contribution in [0.4, 0.5) is 0 Å². The third-order valence-corrected chi connectivity index (χ3v) is 3.02. The van der Waals surface area contributed by atoms with Crippen molar-refractivity contribution in [3.8, 4) is 5.75 Å². The van der Waals surface area contributed by atoms with Crippen LogP contribution >= 0.6 is 31.9 Å². The van der Waals surface area contributed by atoms with E-state index in [2.05, 4.69) is 31.9 Å². The molecule has 3 nitrogen and oxygen atoms in total. The number of hydrogen-bond donors (Lipinski definition) is 0. The molecule has 16 heavy (non-hydrogen) atoms. The van der Waals surface area contributed by atoms with E-state index in [-0.39, 0.29) is 5.75 Å². The molecule has 0 saturated carbocycles. The molecule has 6 heteroatoms. The number of halogens is 2. The minimum Gasteiger partial charge on any atom is -0.380 e. The maximum absolute atomic E-state index is 10.9. The zero-order chi connectivity index (χ0) is 12.9. The van der Waals surface area contributed by atoms with Crippen LogP contribution in [0.5, 0.6) is 5.75 Å². The fourth-order valence-electron chi connectivity index (χ4n) is 0.918. The van der Waals surface area contributed by atoms with Gasteiger partial charge in [0.05, 0.1) is 15.2 Å². The highest BCUT2D eigenvalue weighted by molar-refractivity contribution is 9.11. The third kappa shape index (κ3) is 5.32. The minimum atomic E-state index is -3.50. The number of benzene rings is 1. The Kier molecular flexibility index (Phi) is 6.58. The smallest absolute Gasteiger partial charge is 0.306 e. The molecule has 0 aromatic heterocycles. The van der Waals surface area contributed by atoms with Crippen molar-refractivity contribution in [1.82, 2.24) is 0 Å². The van der Waals surface area contributed by atoms with Gasteiger partial charge in [0.1, 0.15) is 0 Å². The maximum Gasteiger partial charge on any atom is 0.306 e. The first kappa shape index (κ1) is 15.9. The fourth-order valence-corrected chi connectivity index (χ4v) is 3.19. The molecule has 0 aliphatic rings. The Bertz CT molecular complexity index is 432. The summed E-state index contributed by atoms with van der Waals surface area (Å²) in [5.74, 6) is 0.276. The summed E-state index contributed by atoms with van der Waals surface area (Å²) in [4.78, 5) is 0. The molecule has 1 rings (SSSR count). The van der Waals surface area contributed by atoms with Gasteiger partial charge in [-0.3, -0.25) is 0 Å². The molecule has 0 N–H and O–H groups in total. The lowest BCUT2D eigenvalue weighted by atomic mass is 10.2. The van der Waals surface area contributed by atoms with Gasteiger partial charge < -0.3 is 4.18 Å². The van der Waals surface area contributed by atoms with E-state index in [9.17, 15) is 8.42 Å². The monoisotopic (exact) mass is 372 g/mol. The van der Waals surface area contributed by atoms with E-state index in [1.165, 1.54) is 0 Å². The molecule has 0 amide bonds. The van der Waals surface area contributed by atoms with Crippen LogP contribution in [0.1, 0.15) is 19.4 Å². The summed E-state index contributed by atoms with van der Waals surface area (Å²) in [7, 11) is -3.50. The molecule has 0 radical (unpaired) electrons. The summed E-state index contributed by atoms with van der Waals surface area (Å²) in [6.45, 7) is 5.90. The Labute approximate surface area is 114 Å². The van der Waals surface area contributed by atoms with Gasteiger partial charge in [-0.1, -0.05) is 13.8 Å². The summed E-state index contributed by atoms with van der Waals surface area (Å²) >= 11 is 6.46. The van der Waals surface area contributed by atoms with E-state index >= 15 is 0 Å². The predicted molar refractivity (Wildman–Crippen MR) is 73.4 cm³/mol. The lowest BCUT2D eigenvalue weighted by molar-refractivity contribution is 0.490. The first-order chi connectivity index (χ1) is 7.29. The first-order valence-electron chi connectivity index (χ1n) is 4.65. The Hall–Kier alpha value is -0.0700. The Morgan fingerprint density at radius 3 is 1.81 bits per heavy atom. The summed E-state index contributed by atoms with van der Waals surface area (Å²) in [5.41, 5.74) is 1.00. The average Bonchev–Trinajstić information content (AvgIpc) is 2.13. The van der Waals surface area contributed by atoms with Gasteiger partial charge in [0, 0.05) is 0 Å². The van der Waals surface area contributed by atoms with Gasteiger partial charge in [0.2, 0.25) is 0 Å². The number of hydrogen-bond acceptors (Lipinski definition) is 3. The molecule has 0 bridgehead atoms. The Morgan fingerprint density at radius 2 is 1.50 bits per heavy atom. The molecule has 92 valence electrons. The van der Waals surface area contributed by atoms with Crippen LogP contribution in [0.15, 0.2) is 21.1 Å². The molecule has 0 aliphatic heterocycles. The maximum atomic E-state index is 10.9. The second-order valence-corrected chi connectivity index (χ2v) is 6.13. The van der Waals surface area contributed by atoms with E-state index in [0.29, 0.717) is 8.95 Å². The summed E-state index contributed by atoms with van der Waals surface area (Å²) < 4.78 is 27.9. The molecule has 0 saturated heterocycles.